The standard InChI is InChI=1S/C14H19BrFNO3/c1-19-13-8-11(16)10(15)7-9(13)12(17)5-3-4-6-14(18)20-2/h7-8,12H,3-6,17H2,1-2H3. The second kappa shape index (κ2) is 8.21. The van der Waals surface area contributed by atoms with Gasteiger partial charge in [0.2, 0.25) is 0 Å². The SMILES string of the molecule is COC(=O)CCCCC(N)c1cc(Br)c(F)cc1OC. The van der Waals surface area contributed by atoms with Gasteiger partial charge in [-0.2, -0.15) is 0 Å². The molecule has 112 valence electrons. The summed E-state index contributed by atoms with van der Waals surface area (Å²) in [6.45, 7) is 0. The molecule has 0 aromatic heterocycles. The summed E-state index contributed by atoms with van der Waals surface area (Å²) in [5.41, 5.74) is 6.85. The molecule has 6 heteroatoms. The monoisotopic (exact) mass is 347 g/mol. The molecule has 0 saturated carbocycles. The molecule has 4 nitrogen and oxygen atoms in total. The van der Waals surface area contributed by atoms with Crippen LogP contribution in [0.5, 0.6) is 5.75 Å². The lowest BCUT2D eigenvalue weighted by atomic mass is 10.00. The van der Waals surface area contributed by atoms with E-state index in [9.17, 15) is 9.18 Å². The molecule has 1 atom stereocenters. The Balaban J connectivity index is 2.61. The highest BCUT2D eigenvalue weighted by atomic mass is 79.9. The van der Waals surface area contributed by atoms with Crippen LogP contribution >= 0.6 is 15.9 Å². The molecule has 0 fully saturated rings. The van der Waals surface area contributed by atoms with Gasteiger partial charge in [0, 0.05) is 24.1 Å². The summed E-state index contributed by atoms with van der Waals surface area (Å²) >= 11 is 3.14. The van der Waals surface area contributed by atoms with Crippen molar-refractivity contribution in [1.82, 2.24) is 0 Å². The maximum atomic E-state index is 13.4. The molecular formula is C14H19BrFNO3. The molecule has 0 heterocycles. The molecule has 1 unspecified atom stereocenters. The fourth-order valence-corrected chi connectivity index (χ4v) is 2.26. The number of unbranched alkanes of at least 4 members (excludes halogenated alkanes) is 1. The highest BCUT2D eigenvalue weighted by molar-refractivity contribution is 9.10. The molecule has 0 bridgehead atoms. The van der Waals surface area contributed by atoms with Gasteiger partial charge >= 0.3 is 5.97 Å². The number of ether oxygens (including phenoxy) is 2. The number of carbonyl (C=O) groups is 1. The van der Waals surface area contributed by atoms with Gasteiger partial charge in [-0.15, -0.1) is 0 Å². The summed E-state index contributed by atoms with van der Waals surface area (Å²) in [5.74, 6) is -0.171. The lowest BCUT2D eigenvalue weighted by Gasteiger charge is -2.16. The van der Waals surface area contributed by atoms with Crippen LogP contribution in [0.2, 0.25) is 0 Å². The van der Waals surface area contributed by atoms with E-state index in [-0.39, 0.29) is 17.8 Å². The van der Waals surface area contributed by atoms with Crippen LogP contribution in [0.15, 0.2) is 16.6 Å². The maximum absolute atomic E-state index is 13.4. The first-order valence-corrected chi connectivity index (χ1v) is 7.14. The molecule has 0 amide bonds. The molecule has 20 heavy (non-hydrogen) atoms. The number of nitrogens with two attached hydrogens (primary N) is 1. The van der Waals surface area contributed by atoms with Crippen molar-refractivity contribution in [3.8, 4) is 5.75 Å². The minimum absolute atomic E-state index is 0.222. The summed E-state index contributed by atoms with van der Waals surface area (Å²) in [7, 11) is 2.85. The fourth-order valence-electron chi connectivity index (χ4n) is 1.90. The quantitative estimate of drug-likeness (QED) is 0.607. The second-order valence-corrected chi connectivity index (χ2v) is 5.29. The van der Waals surface area contributed by atoms with E-state index in [0.717, 1.165) is 12.0 Å². The first-order valence-electron chi connectivity index (χ1n) is 6.35. The van der Waals surface area contributed by atoms with Crippen LogP contribution in [0.25, 0.3) is 0 Å². The number of rotatable bonds is 7. The van der Waals surface area contributed by atoms with E-state index in [0.29, 0.717) is 29.5 Å². The van der Waals surface area contributed by atoms with Gasteiger partial charge in [0.15, 0.2) is 0 Å². The van der Waals surface area contributed by atoms with Crippen molar-refractivity contribution < 1.29 is 18.7 Å². The summed E-state index contributed by atoms with van der Waals surface area (Å²) in [6, 6.07) is 2.69. The Morgan fingerprint density at radius 2 is 2.10 bits per heavy atom. The molecule has 1 aromatic rings. The lowest BCUT2D eigenvalue weighted by Crippen LogP contribution is -2.12. The van der Waals surface area contributed by atoms with Crippen molar-refractivity contribution in [2.45, 2.75) is 31.7 Å². The number of halogens is 2. The van der Waals surface area contributed by atoms with E-state index >= 15 is 0 Å². The lowest BCUT2D eigenvalue weighted by molar-refractivity contribution is -0.140. The minimum atomic E-state index is -0.386. The number of hydrogen-bond acceptors (Lipinski definition) is 4. The molecule has 0 aliphatic heterocycles. The van der Waals surface area contributed by atoms with Gasteiger partial charge in [0.05, 0.1) is 18.7 Å². The van der Waals surface area contributed by atoms with Crippen LogP contribution in [-0.4, -0.2) is 20.2 Å². The predicted molar refractivity (Wildman–Crippen MR) is 78.1 cm³/mol. The largest absolute Gasteiger partial charge is 0.496 e. The minimum Gasteiger partial charge on any atom is -0.496 e. The number of benzene rings is 1. The summed E-state index contributed by atoms with van der Waals surface area (Å²) in [4.78, 5) is 11.0. The van der Waals surface area contributed by atoms with E-state index < -0.39 is 0 Å². The van der Waals surface area contributed by atoms with Gasteiger partial charge in [-0.3, -0.25) is 4.79 Å². The third kappa shape index (κ3) is 4.76. The van der Waals surface area contributed by atoms with E-state index in [1.54, 1.807) is 6.07 Å². The third-order valence-corrected chi connectivity index (χ3v) is 3.65. The van der Waals surface area contributed by atoms with Crippen molar-refractivity contribution in [3.05, 3.63) is 28.0 Å². The highest BCUT2D eigenvalue weighted by Gasteiger charge is 2.15. The summed E-state index contributed by atoms with van der Waals surface area (Å²) in [5, 5.41) is 0. The molecule has 0 aliphatic rings. The van der Waals surface area contributed by atoms with Gasteiger partial charge in [-0.05, 0) is 34.8 Å². The van der Waals surface area contributed by atoms with E-state index in [1.165, 1.54) is 20.3 Å². The molecule has 1 rings (SSSR count). The Morgan fingerprint density at radius 1 is 1.40 bits per heavy atom. The van der Waals surface area contributed by atoms with Gasteiger partial charge in [-0.25, -0.2) is 4.39 Å². The smallest absolute Gasteiger partial charge is 0.305 e. The molecule has 1 aromatic carbocycles. The zero-order chi connectivity index (χ0) is 15.1. The third-order valence-electron chi connectivity index (χ3n) is 3.05. The molecule has 0 spiro atoms. The van der Waals surface area contributed by atoms with Crippen molar-refractivity contribution in [1.29, 1.82) is 0 Å². The Labute approximate surface area is 126 Å². The predicted octanol–water partition coefficient (Wildman–Crippen LogP) is 3.33. The average molecular weight is 348 g/mol. The van der Waals surface area contributed by atoms with Gasteiger partial charge < -0.3 is 15.2 Å². The van der Waals surface area contributed by atoms with Gasteiger partial charge in [0.25, 0.3) is 0 Å². The van der Waals surface area contributed by atoms with Crippen LogP contribution in [0.3, 0.4) is 0 Å². The Kier molecular flexibility index (Phi) is 6.95. The van der Waals surface area contributed by atoms with Crippen LogP contribution in [0.1, 0.15) is 37.3 Å². The van der Waals surface area contributed by atoms with Crippen molar-refractivity contribution in [3.63, 3.8) is 0 Å². The molecule has 2 N–H and O–H groups in total. The molecular weight excluding hydrogens is 329 g/mol. The molecule has 0 radical (unpaired) electrons. The number of hydrogen-bond donors (Lipinski definition) is 1. The summed E-state index contributed by atoms with van der Waals surface area (Å²) in [6.07, 6.45) is 2.57. The summed E-state index contributed by atoms with van der Waals surface area (Å²) < 4.78 is 23.5. The zero-order valence-electron chi connectivity index (χ0n) is 11.6. The van der Waals surface area contributed by atoms with Gasteiger partial charge in [-0.1, -0.05) is 6.42 Å². The van der Waals surface area contributed by atoms with Crippen molar-refractivity contribution in [2.24, 2.45) is 5.73 Å². The normalized spacial score (nSPS) is 12.1. The first-order chi connectivity index (χ1) is 9.49. The maximum Gasteiger partial charge on any atom is 0.305 e. The van der Waals surface area contributed by atoms with Crippen LogP contribution in [0.4, 0.5) is 4.39 Å². The van der Waals surface area contributed by atoms with Crippen LogP contribution < -0.4 is 10.5 Å². The van der Waals surface area contributed by atoms with Gasteiger partial charge in [0.1, 0.15) is 11.6 Å². The topological polar surface area (TPSA) is 61.5 Å². The Morgan fingerprint density at radius 3 is 2.70 bits per heavy atom. The average Bonchev–Trinajstić information content (AvgIpc) is 2.45. The second-order valence-electron chi connectivity index (χ2n) is 4.44. The Bertz CT molecular complexity index is 468. The number of carbonyl (C=O) groups excluding carboxylic acids is 1. The van der Waals surface area contributed by atoms with Crippen LogP contribution in [0, 0.1) is 5.82 Å². The highest BCUT2D eigenvalue weighted by Crippen LogP contribution is 2.31. The van der Waals surface area contributed by atoms with E-state index in [2.05, 4.69) is 20.7 Å². The van der Waals surface area contributed by atoms with E-state index in [1.807, 2.05) is 0 Å². The van der Waals surface area contributed by atoms with Crippen molar-refractivity contribution >= 4 is 21.9 Å². The Hall–Kier alpha value is -1.14. The number of esters is 1. The fraction of sp³-hybridized carbons (Fsp3) is 0.500. The molecule has 0 aliphatic carbocycles. The van der Waals surface area contributed by atoms with Crippen LogP contribution in [-0.2, 0) is 9.53 Å². The van der Waals surface area contributed by atoms with E-state index in [4.69, 9.17) is 10.5 Å². The molecule has 0 saturated heterocycles. The number of methoxy groups -OCH3 is 2. The first kappa shape index (κ1) is 16.9. The van der Waals surface area contributed by atoms with Crippen molar-refractivity contribution in [2.75, 3.05) is 14.2 Å². The zero-order valence-corrected chi connectivity index (χ0v) is 13.2.